The summed E-state index contributed by atoms with van der Waals surface area (Å²) in [5.74, 6) is -0.969. The molecule has 0 atom stereocenters. The third-order valence-corrected chi connectivity index (χ3v) is 2.47. The maximum absolute atomic E-state index is 10.7. The van der Waals surface area contributed by atoms with Crippen molar-refractivity contribution in [3.8, 4) is 0 Å². The van der Waals surface area contributed by atoms with Crippen LogP contribution in [0.4, 0.5) is 0 Å². The molecule has 7 heteroatoms. The predicted molar refractivity (Wildman–Crippen MR) is 57.7 cm³/mol. The Morgan fingerprint density at radius 2 is 1.88 bits per heavy atom. The highest BCUT2D eigenvalue weighted by molar-refractivity contribution is 7.87. The molecule has 0 aromatic heterocycles. The zero-order valence-electron chi connectivity index (χ0n) is 8.38. The monoisotopic (exact) mass is 244 g/mol. The largest absolute Gasteiger partial charge is 0.481 e. The zero-order valence-corrected chi connectivity index (χ0v) is 9.20. The number of nitrogens with one attached hydrogen (secondary N) is 1. The minimum absolute atomic E-state index is 0.0116. The van der Waals surface area contributed by atoms with Crippen molar-refractivity contribution in [3.05, 3.63) is 35.4 Å². The van der Waals surface area contributed by atoms with Gasteiger partial charge in [-0.3, -0.25) is 4.79 Å². The molecule has 0 aliphatic heterocycles. The Balaban J connectivity index is 2.83. The van der Waals surface area contributed by atoms with Crippen molar-refractivity contribution in [1.82, 2.24) is 4.72 Å². The highest BCUT2D eigenvalue weighted by Gasteiger charge is 2.08. The minimum Gasteiger partial charge on any atom is -0.481 e. The molecule has 0 saturated heterocycles. The van der Waals surface area contributed by atoms with Crippen LogP contribution in [0, 0.1) is 0 Å². The van der Waals surface area contributed by atoms with Gasteiger partial charge in [-0.1, -0.05) is 24.3 Å². The molecule has 0 aliphatic rings. The summed E-state index contributed by atoms with van der Waals surface area (Å²) in [4.78, 5) is 10.6. The van der Waals surface area contributed by atoms with Crippen LogP contribution in [0.5, 0.6) is 0 Å². The van der Waals surface area contributed by atoms with Gasteiger partial charge in [0.1, 0.15) is 0 Å². The molecule has 0 spiro atoms. The van der Waals surface area contributed by atoms with Gasteiger partial charge in [0.25, 0.3) is 10.2 Å². The lowest BCUT2D eigenvalue weighted by molar-refractivity contribution is -0.136. The first-order valence-electron chi connectivity index (χ1n) is 4.44. The summed E-state index contributed by atoms with van der Waals surface area (Å²) in [5.41, 5.74) is 1.16. The smallest absolute Gasteiger partial charge is 0.307 e. The quantitative estimate of drug-likeness (QED) is 0.655. The summed E-state index contributed by atoms with van der Waals surface area (Å²) in [6.07, 6.45) is -0.150. The first kappa shape index (κ1) is 12.6. The van der Waals surface area contributed by atoms with E-state index in [0.717, 1.165) is 0 Å². The number of hydrogen-bond acceptors (Lipinski definition) is 3. The molecule has 88 valence electrons. The molecule has 1 rings (SSSR count). The van der Waals surface area contributed by atoms with E-state index in [-0.39, 0.29) is 13.0 Å². The molecule has 1 aromatic rings. The second kappa shape index (κ2) is 5.06. The van der Waals surface area contributed by atoms with Crippen LogP contribution >= 0.6 is 0 Å². The van der Waals surface area contributed by atoms with Crippen molar-refractivity contribution in [2.75, 3.05) is 0 Å². The maximum Gasteiger partial charge on any atom is 0.307 e. The standard InChI is InChI=1S/C9H12N2O4S/c10-16(14,15)11-6-8-4-2-1-3-7(8)5-9(12)13/h1-4,11H,5-6H2,(H,12,13)(H2,10,14,15). The fraction of sp³-hybridized carbons (Fsp3) is 0.222. The van der Waals surface area contributed by atoms with E-state index in [9.17, 15) is 13.2 Å². The second-order valence-electron chi connectivity index (χ2n) is 3.21. The van der Waals surface area contributed by atoms with Crippen LogP contribution in [0.1, 0.15) is 11.1 Å². The second-order valence-corrected chi connectivity index (χ2v) is 4.58. The van der Waals surface area contributed by atoms with E-state index in [2.05, 4.69) is 4.72 Å². The van der Waals surface area contributed by atoms with E-state index in [1.807, 2.05) is 0 Å². The van der Waals surface area contributed by atoms with Crippen LogP contribution < -0.4 is 9.86 Å². The van der Waals surface area contributed by atoms with Crippen LogP contribution in [0.25, 0.3) is 0 Å². The van der Waals surface area contributed by atoms with Gasteiger partial charge in [-0.2, -0.15) is 13.1 Å². The molecule has 4 N–H and O–H groups in total. The van der Waals surface area contributed by atoms with Gasteiger partial charge < -0.3 is 5.11 Å². The van der Waals surface area contributed by atoms with Gasteiger partial charge in [-0.05, 0) is 11.1 Å². The Bertz CT molecular complexity index is 484. The number of aliphatic carboxylic acids is 1. The summed E-state index contributed by atoms with van der Waals surface area (Å²) in [6, 6.07) is 6.68. The minimum atomic E-state index is -3.76. The molecule has 6 nitrogen and oxygen atoms in total. The SMILES string of the molecule is NS(=O)(=O)NCc1ccccc1CC(=O)O. The van der Waals surface area contributed by atoms with E-state index in [1.54, 1.807) is 24.3 Å². The van der Waals surface area contributed by atoms with Crippen molar-refractivity contribution in [2.45, 2.75) is 13.0 Å². The van der Waals surface area contributed by atoms with E-state index >= 15 is 0 Å². The zero-order chi connectivity index (χ0) is 12.2. The predicted octanol–water partition coefficient (Wildman–Crippen LogP) is -0.393. The topological polar surface area (TPSA) is 109 Å². The average molecular weight is 244 g/mol. The highest BCUT2D eigenvalue weighted by Crippen LogP contribution is 2.09. The summed E-state index contributed by atoms with van der Waals surface area (Å²) in [5, 5.41) is 13.4. The van der Waals surface area contributed by atoms with Crippen LogP contribution in [0.3, 0.4) is 0 Å². The lowest BCUT2D eigenvalue weighted by atomic mass is 10.1. The van der Waals surface area contributed by atoms with Crippen molar-refractivity contribution in [1.29, 1.82) is 0 Å². The lowest BCUT2D eigenvalue weighted by Gasteiger charge is -2.07. The third-order valence-electron chi connectivity index (χ3n) is 1.92. The van der Waals surface area contributed by atoms with E-state index in [0.29, 0.717) is 11.1 Å². The number of carboxylic acid groups (broad SMARTS) is 1. The third kappa shape index (κ3) is 4.39. The molecule has 1 aromatic carbocycles. The Labute approximate surface area is 93.3 Å². The number of carboxylic acids is 1. The maximum atomic E-state index is 10.7. The van der Waals surface area contributed by atoms with Crippen molar-refractivity contribution < 1.29 is 18.3 Å². The molecule has 16 heavy (non-hydrogen) atoms. The number of benzene rings is 1. The molecular weight excluding hydrogens is 232 g/mol. The number of hydrogen-bond donors (Lipinski definition) is 3. The number of carbonyl (C=O) groups is 1. The van der Waals surface area contributed by atoms with E-state index in [4.69, 9.17) is 10.2 Å². The normalized spacial score (nSPS) is 11.3. The van der Waals surface area contributed by atoms with Gasteiger partial charge in [0.05, 0.1) is 6.42 Å². The fourth-order valence-electron chi connectivity index (χ4n) is 1.24. The molecule has 0 saturated carbocycles. The van der Waals surface area contributed by atoms with E-state index < -0.39 is 16.2 Å². The van der Waals surface area contributed by atoms with Gasteiger partial charge >= 0.3 is 5.97 Å². The van der Waals surface area contributed by atoms with Crippen molar-refractivity contribution >= 4 is 16.2 Å². The first-order valence-corrected chi connectivity index (χ1v) is 5.99. The number of nitrogens with two attached hydrogens (primary N) is 1. The Kier molecular flexibility index (Phi) is 3.99. The molecule has 0 heterocycles. The first-order chi connectivity index (χ1) is 7.38. The highest BCUT2D eigenvalue weighted by atomic mass is 32.2. The molecular formula is C9H12N2O4S. The van der Waals surface area contributed by atoms with Crippen LogP contribution in [0.2, 0.25) is 0 Å². The number of rotatable bonds is 5. The fourth-order valence-corrected chi connectivity index (χ4v) is 1.60. The van der Waals surface area contributed by atoms with Crippen molar-refractivity contribution in [2.24, 2.45) is 5.14 Å². The summed E-state index contributed by atoms with van der Waals surface area (Å²) in [6.45, 7) is -0.0116. The van der Waals surface area contributed by atoms with Crippen LogP contribution in [-0.4, -0.2) is 19.5 Å². The molecule has 0 aliphatic carbocycles. The molecule has 0 unspecified atom stereocenters. The Morgan fingerprint density at radius 1 is 1.31 bits per heavy atom. The van der Waals surface area contributed by atoms with Gasteiger partial charge in [0, 0.05) is 6.54 Å². The lowest BCUT2D eigenvalue weighted by Crippen LogP contribution is -2.30. The van der Waals surface area contributed by atoms with Gasteiger partial charge in [0.2, 0.25) is 0 Å². The summed E-state index contributed by atoms with van der Waals surface area (Å²) >= 11 is 0. The average Bonchev–Trinajstić information content (AvgIpc) is 2.14. The van der Waals surface area contributed by atoms with Gasteiger partial charge in [0.15, 0.2) is 0 Å². The molecule has 0 radical (unpaired) electrons. The van der Waals surface area contributed by atoms with Gasteiger partial charge in [-0.15, -0.1) is 0 Å². The summed E-state index contributed by atoms with van der Waals surface area (Å²) in [7, 11) is -3.76. The van der Waals surface area contributed by atoms with Gasteiger partial charge in [-0.25, -0.2) is 5.14 Å². The Morgan fingerprint density at radius 3 is 2.38 bits per heavy atom. The summed E-state index contributed by atoms with van der Waals surface area (Å²) < 4.78 is 23.5. The Hall–Kier alpha value is -1.44. The molecule has 0 fully saturated rings. The molecule has 0 amide bonds. The van der Waals surface area contributed by atoms with E-state index in [1.165, 1.54) is 0 Å². The van der Waals surface area contributed by atoms with Crippen molar-refractivity contribution in [3.63, 3.8) is 0 Å². The van der Waals surface area contributed by atoms with Crippen LogP contribution in [-0.2, 0) is 28.0 Å². The molecule has 0 bridgehead atoms. The van der Waals surface area contributed by atoms with Crippen LogP contribution in [0.15, 0.2) is 24.3 Å².